The van der Waals surface area contributed by atoms with E-state index in [0.717, 1.165) is 12.8 Å². The van der Waals surface area contributed by atoms with Crippen molar-refractivity contribution in [1.29, 1.82) is 0 Å². The maximum atomic E-state index is 14.2. The fraction of sp³-hybridized carbons (Fsp3) is 0.333. The number of pyridine rings is 1. The quantitative estimate of drug-likeness (QED) is 0.870. The molecule has 2 aromatic rings. The van der Waals surface area contributed by atoms with Crippen molar-refractivity contribution in [2.24, 2.45) is 0 Å². The van der Waals surface area contributed by atoms with E-state index >= 15 is 0 Å². The number of nitrogens with zero attached hydrogens (tertiary/aromatic N) is 2. The van der Waals surface area contributed by atoms with Gasteiger partial charge >= 0.3 is 5.97 Å². The van der Waals surface area contributed by atoms with E-state index in [0.29, 0.717) is 23.6 Å². The third-order valence-electron chi connectivity index (χ3n) is 3.71. The molecule has 1 aromatic heterocycles. The van der Waals surface area contributed by atoms with Gasteiger partial charge in [-0.15, -0.1) is 0 Å². The largest absolute Gasteiger partial charge is 0.478 e. The van der Waals surface area contributed by atoms with E-state index in [4.69, 9.17) is 0 Å². The van der Waals surface area contributed by atoms with Crippen molar-refractivity contribution in [3.05, 3.63) is 47.4 Å². The lowest BCUT2D eigenvalue weighted by atomic mass is 9.99. The van der Waals surface area contributed by atoms with Crippen LogP contribution in [0.3, 0.4) is 0 Å². The molecule has 0 radical (unpaired) electrons. The smallest absolute Gasteiger partial charge is 0.340 e. The number of aryl methyl sites for hydroxylation is 1. The monoisotopic (exact) mass is 316 g/mol. The first-order valence-corrected chi connectivity index (χ1v) is 7.66. The van der Waals surface area contributed by atoms with Crippen LogP contribution in [0.25, 0.3) is 11.1 Å². The van der Waals surface area contributed by atoms with E-state index in [1.54, 1.807) is 31.2 Å². The number of carboxylic acids is 1. The van der Waals surface area contributed by atoms with Crippen molar-refractivity contribution in [2.75, 3.05) is 18.5 Å². The van der Waals surface area contributed by atoms with Crippen molar-refractivity contribution in [2.45, 2.75) is 26.7 Å². The number of rotatable bonds is 6. The van der Waals surface area contributed by atoms with Gasteiger partial charge in [-0.2, -0.15) is 0 Å². The Morgan fingerprint density at radius 3 is 2.61 bits per heavy atom. The summed E-state index contributed by atoms with van der Waals surface area (Å²) in [6, 6.07) is 7.82. The Morgan fingerprint density at radius 2 is 2.00 bits per heavy atom. The molecule has 0 aliphatic heterocycles. The summed E-state index contributed by atoms with van der Waals surface area (Å²) >= 11 is 0. The molecular formula is C18H21FN2O2. The summed E-state index contributed by atoms with van der Waals surface area (Å²) in [4.78, 5) is 18.0. The highest BCUT2D eigenvalue weighted by molar-refractivity contribution is 6.01. The zero-order valence-electron chi connectivity index (χ0n) is 13.6. The first-order valence-electron chi connectivity index (χ1n) is 7.66. The Hall–Kier alpha value is -2.43. The summed E-state index contributed by atoms with van der Waals surface area (Å²) in [5.41, 5.74) is 1.34. The molecule has 0 fully saturated rings. The van der Waals surface area contributed by atoms with Crippen LogP contribution in [0, 0.1) is 12.7 Å². The van der Waals surface area contributed by atoms with E-state index in [1.165, 1.54) is 6.07 Å². The van der Waals surface area contributed by atoms with E-state index in [2.05, 4.69) is 11.9 Å². The highest BCUT2D eigenvalue weighted by Crippen LogP contribution is 2.32. The standard InChI is InChI=1S/C18H21FN2O2/c1-4-5-10-21(3)17-16(18(22)23)14(11-12(2)20-17)13-8-6-7-9-15(13)19/h6-9,11H,4-5,10H2,1-3H3,(H,22,23). The Kier molecular flexibility index (Phi) is 5.32. The van der Waals surface area contributed by atoms with Gasteiger partial charge in [-0.25, -0.2) is 14.2 Å². The van der Waals surface area contributed by atoms with Gasteiger partial charge in [-0.1, -0.05) is 31.5 Å². The lowest BCUT2D eigenvalue weighted by Gasteiger charge is -2.22. The molecule has 0 saturated heterocycles. The van der Waals surface area contributed by atoms with Crippen molar-refractivity contribution in [3.8, 4) is 11.1 Å². The molecule has 0 bridgehead atoms. The van der Waals surface area contributed by atoms with E-state index < -0.39 is 11.8 Å². The molecule has 0 unspecified atom stereocenters. The van der Waals surface area contributed by atoms with Crippen LogP contribution in [0.2, 0.25) is 0 Å². The molecule has 2 rings (SSSR count). The number of aromatic carboxylic acids is 1. The molecule has 1 aromatic carbocycles. The second kappa shape index (κ2) is 7.22. The number of anilines is 1. The summed E-state index contributed by atoms with van der Waals surface area (Å²) in [5.74, 6) is -1.17. The summed E-state index contributed by atoms with van der Waals surface area (Å²) in [6.07, 6.45) is 1.93. The molecule has 122 valence electrons. The van der Waals surface area contributed by atoms with Gasteiger partial charge in [0.05, 0.1) is 0 Å². The van der Waals surface area contributed by atoms with Gasteiger partial charge in [0.1, 0.15) is 17.2 Å². The molecule has 0 aliphatic rings. The van der Waals surface area contributed by atoms with Crippen LogP contribution in [0.1, 0.15) is 35.8 Å². The van der Waals surface area contributed by atoms with E-state index in [-0.39, 0.29) is 11.1 Å². The summed E-state index contributed by atoms with van der Waals surface area (Å²) in [5, 5.41) is 9.67. The molecule has 1 N–H and O–H groups in total. The third kappa shape index (κ3) is 3.67. The minimum absolute atomic E-state index is 0.0410. The lowest BCUT2D eigenvalue weighted by Crippen LogP contribution is -2.23. The summed E-state index contributed by atoms with van der Waals surface area (Å²) in [7, 11) is 1.81. The van der Waals surface area contributed by atoms with Gasteiger partial charge < -0.3 is 10.0 Å². The summed E-state index contributed by atoms with van der Waals surface area (Å²) < 4.78 is 14.2. The van der Waals surface area contributed by atoms with E-state index in [1.807, 2.05) is 11.9 Å². The first-order chi connectivity index (χ1) is 11.0. The highest BCUT2D eigenvalue weighted by atomic mass is 19.1. The Labute approximate surface area is 135 Å². The van der Waals surface area contributed by atoms with Crippen LogP contribution in [0.4, 0.5) is 10.2 Å². The predicted molar refractivity (Wildman–Crippen MR) is 89.5 cm³/mol. The number of unbranched alkanes of at least 4 members (excludes halogenated alkanes) is 1. The average Bonchev–Trinajstić information content (AvgIpc) is 2.51. The van der Waals surface area contributed by atoms with Gasteiger partial charge in [0.15, 0.2) is 0 Å². The van der Waals surface area contributed by atoms with E-state index in [9.17, 15) is 14.3 Å². The SMILES string of the molecule is CCCCN(C)c1nc(C)cc(-c2ccccc2F)c1C(=O)O. The summed E-state index contributed by atoms with van der Waals surface area (Å²) in [6.45, 7) is 4.55. The Morgan fingerprint density at radius 1 is 1.30 bits per heavy atom. The first kappa shape index (κ1) is 16.9. The molecule has 0 spiro atoms. The topological polar surface area (TPSA) is 53.4 Å². The number of hydrogen-bond acceptors (Lipinski definition) is 3. The van der Waals surface area contributed by atoms with Crippen LogP contribution in [-0.2, 0) is 0 Å². The van der Waals surface area contributed by atoms with Crippen molar-refractivity contribution >= 4 is 11.8 Å². The van der Waals surface area contributed by atoms with Crippen LogP contribution >= 0.6 is 0 Å². The van der Waals surface area contributed by atoms with Crippen molar-refractivity contribution in [3.63, 3.8) is 0 Å². The van der Waals surface area contributed by atoms with Crippen LogP contribution in [0.5, 0.6) is 0 Å². The lowest BCUT2D eigenvalue weighted by molar-refractivity contribution is 0.0698. The zero-order chi connectivity index (χ0) is 17.0. The van der Waals surface area contributed by atoms with Crippen LogP contribution < -0.4 is 4.90 Å². The van der Waals surface area contributed by atoms with Gasteiger partial charge in [0.2, 0.25) is 0 Å². The molecule has 0 aliphatic carbocycles. The highest BCUT2D eigenvalue weighted by Gasteiger charge is 2.23. The van der Waals surface area contributed by atoms with Crippen molar-refractivity contribution < 1.29 is 14.3 Å². The minimum Gasteiger partial charge on any atom is -0.478 e. The average molecular weight is 316 g/mol. The number of carboxylic acid groups (broad SMARTS) is 1. The maximum absolute atomic E-state index is 14.2. The maximum Gasteiger partial charge on any atom is 0.340 e. The number of benzene rings is 1. The van der Waals surface area contributed by atoms with Gasteiger partial charge in [-0.3, -0.25) is 0 Å². The molecule has 1 heterocycles. The Balaban J connectivity index is 2.65. The molecule has 23 heavy (non-hydrogen) atoms. The number of hydrogen-bond donors (Lipinski definition) is 1. The van der Waals surface area contributed by atoms with Crippen LogP contribution in [-0.4, -0.2) is 29.7 Å². The van der Waals surface area contributed by atoms with Crippen molar-refractivity contribution in [1.82, 2.24) is 4.98 Å². The second-order valence-corrected chi connectivity index (χ2v) is 5.57. The molecule has 0 amide bonds. The van der Waals surface area contributed by atoms with Gasteiger partial charge in [0, 0.05) is 30.4 Å². The van der Waals surface area contributed by atoms with Gasteiger partial charge in [0.25, 0.3) is 0 Å². The predicted octanol–water partition coefficient (Wildman–Crippen LogP) is 4.13. The zero-order valence-corrected chi connectivity index (χ0v) is 13.6. The molecular weight excluding hydrogens is 295 g/mol. The minimum atomic E-state index is -1.10. The normalized spacial score (nSPS) is 10.6. The molecule has 0 saturated carbocycles. The molecule has 4 nitrogen and oxygen atoms in total. The number of halogens is 1. The molecule has 5 heteroatoms. The Bertz CT molecular complexity index is 716. The fourth-order valence-electron chi connectivity index (χ4n) is 2.54. The fourth-order valence-corrected chi connectivity index (χ4v) is 2.54. The second-order valence-electron chi connectivity index (χ2n) is 5.57. The van der Waals surface area contributed by atoms with Gasteiger partial charge in [-0.05, 0) is 25.5 Å². The number of carbonyl (C=O) groups is 1. The van der Waals surface area contributed by atoms with Crippen LogP contribution in [0.15, 0.2) is 30.3 Å². The molecule has 0 atom stereocenters. The number of aromatic nitrogens is 1. The third-order valence-corrected chi connectivity index (χ3v) is 3.71.